The van der Waals surface area contributed by atoms with E-state index in [1.165, 1.54) is 0 Å². The quantitative estimate of drug-likeness (QED) is 0.526. The van der Waals surface area contributed by atoms with Crippen molar-refractivity contribution in [2.45, 2.75) is 13.8 Å². The molecule has 0 aromatic heterocycles. The van der Waals surface area contributed by atoms with Crippen LogP contribution in [0.3, 0.4) is 0 Å². The van der Waals surface area contributed by atoms with Crippen molar-refractivity contribution in [3.05, 3.63) is 0 Å². The topological polar surface area (TPSA) is 66.4 Å². The van der Waals surface area contributed by atoms with Crippen molar-refractivity contribution < 1.29 is 14.7 Å². The van der Waals surface area contributed by atoms with Gasteiger partial charge in [-0.1, -0.05) is 13.8 Å². The molecular weight excluding hydrogens is 122 g/mol. The van der Waals surface area contributed by atoms with E-state index in [1.54, 1.807) is 0 Å². The van der Waals surface area contributed by atoms with E-state index in [1.807, 2.05) is 19.2 Å². The van der Waals surface area contributed by atoms with E-state index in [-0.39, 0.29) is 6.54 Å². The van der Waals surface area contributed by atoms with E-state index in [0.717, 1.165) is 0 Å². The molecule has 0 saturated carbocycles. The maximum absolute atomic E-state index is 9.54. The number of rotatable bonds is 3. The monoisotopic (exact) mass is 133 g/mol. The summed E-state index contributed by atoms with van der Waals surface area (Å²) in [6, 6.07) is 0. The number of carbonyl (C=O) groups excluding carboxylic acids is 1. The van der Waals surface area contributed by atoms with Gasteiger partial charge in [0, 0.05) is 0 Å². The molecule has 0 aliphatic rings. The molecule has 0 bridgehead atoms. The van der Waals surface area contributed by atoms with Crippen LogP contribution >= 0.6 is 0 Å². The molecule has 0 saturated heterocycles. The van der Waals surface area contributed by atoms with Gasteiger partial charge in [0.15, 0.2) is 0 Å². The second kappa shape index (κ2) is 10.0. The van der Waals surface area contributed by atoms with Gasteiger partial charge in [0.05, 0.1) is 0 Å². The summed E-state index contributed by atoms with van der Waals surface area (Å²) in [5.41, 5.74) is 0. The van der Waals surface area contributed by atoms with Crippen LogP contribution < -0.4 is 5.32 Å². The van der Waals surface area contributed by atoms with Crippen molar-refractivity contribution in [1.82, 2.24) is 5.32 Å². The van der Waals surface area contributed by atoms with Gasteiger partial charge < -0.3 is 10.4 Å². The third-order valence-electron chi connectivity index (χ3n) is 0.337. The summed E-state index contributed by atoms with van der Waals surface area (Å²) in [6.07, 6.45) is 0.341. The fourth-order valence-corrected chi connectivity index (χ4v) is 0.129. The molecule has 2 N–H and O–H groups in total. The molecule has 1 amide bonds. The first-order chi connectivity index (χ1) is 4.27. The van der Waals surface area contributed by atoms with Crippen LogP contribution in [0.1, 0.15) is 13.8 Å². The highest BCUT2D eigenvalue weighted by molar-refractivity contribution is 5.71. The zero-order chi connectivity index (χ0) is 7.70. The number of carboxylic acids is 1. The van der Waals surface area contributed by atoms with Gasteiger partial charge in [-0.3, -0.25) is 9.59 Å². The second-order valence-corrected chi connectivity index (χ2v) is 0.892. The van der Waals surface area contributed by atoms with Crippen LogP contribution in [-0.2, 0) is 9.59 Å². The average Bonchev–Trinajstić information content (AvgIpc) is 1.88. The zero-order valence-electron chi connectivity index (χ0n) is 5.55. The van der Waals surface area contributed by atoms with E-state index in [4.69, 9.17) is 5.11 Å². The van der Waals surface area contributed by atoms with Gasteiger partial charge in [-0.15, -0.1) is 0 Å². The lowest BCUT2D eigenvalue weighted by molar-refractivity contribution is -0.136. The van der Waals surface area contributed by atoms with Crippen LogP contribution in [0, 0.1) is 0 Å². The van der Waals surface area contributed by atoms with Crippen LogP contribution in [-0.4, -0.2) is 24.0 Å². The third kappa shape index (κ3) is 19.6. The number of amides is 1. The smallest absolute Gasteiger partial charge is 0.322 e. The molecule has 0 radical (unpaired) electrons. The summed E-state index contributed by atoms with van der Waals surface area (Å²) in [4.78, 5) is 18.9. The normalized spacial score (nSPS) is 6.44. The van der Waals surface area contributed by atoms with Crippen molar-refractivity contribution in [2.24, 2.45) is 0 Å². The SMILES string of the molecule is CC.O=CNCC(=O)O. The summed E-state index contributed by atoms with van der Waals surface area (Å²) in [6.45, 7) is 3.70. The fourth-order valence-electron chi connectivity index (χ4n) is 0.129. The second-order valence-electron chi connectivity index (χ2n) is 0.892. The molecule has 0 aromatic carbocycles. The van der Waals surface area contributed by atoms with Crippen molar-refractivity contribution in [3.63, 3.8) is 0 Å². The summed E-state index contributed by atoms with van der Waals surface area (Å²) < 4.78 is 0. The molecule has 0 rings (SSSR count). The Kier molecular flexibility index (Phi) is 12.1. The third-order valence-corrected chi connectivity index (χ3v) is 0.337. The molecular formula is C5H11NO3. The van der Waals surface area contributed by atoms with Crippen LogP contribution in [0.25, 0.3) is 0 Å². The molecule has 0 aliphatic carbocycles. The highest BCUT2D eigenvalue weighted by Gasteiger charge is 1.88. The first-order valence-electron chi connectivity index (χ1n) is 2.66. The Morgan fingerprint density at radius 3 is 2.22 bits per heavy atom. The largest absolute Gasteiger partial charge is 0.480 e. The Labute approximate surface area is 53.9 Å². The van der Waals surface area contributed by atoms with E-state index >= 15 is 0 Å². The maximum Gasteiger partial charge on any atom is 0.322 e. The lowest BCUT2D eigenvalue weighted by Crippen LogP contribution is -2.20. The summed E-state index contributed by atoms with van der Waals surface area (Å²) >= 11 is 0. The number of hydrogen-bond donors (Lipinski definition) is 2. The lowest BCUT2D eigenvalue weighted by atomic mass is 10.7. The average molecular weight is 133 g/mol. The van der Waals surface area contributed by atoms with Gasteiger partial charge in [-0.05, 0) is 0 Å². The Morgan fingerprint density at radius 2 is 2.11 bits per heavy atom. The minimum Gasteiger partial charge on any atom is -0.480 e. The van der Waals surface area contributed by atoms with E-state index in [2.05, 4.69) is 0 Å². The van der Waals surface area contributed by atoms with E-state index < -0.39 is 5.97 Å². The van der Waals surface area contributed by atoms with Crippen LogP contribution in [0.15, 0.2) is 0 Å². The lowest BCUT2D eigenvalue weighted by Gasteiger charge is -1.85. The first-order valence-corrected chi connectivity index (χ1v) is 2.66. The molecule has 54 valence electrons. The highest BCUT2D eigenvalue weighted by Crippen LogP contribution is 1.51. The van der Waals surface area contributed by atoms with Crippen molar-refractivity contribution >= 4 is 12.4 Å². The molecule has 0 atom stereocenters. The van der Waals surface area contributed by atoms with Crippen LogP contribution in [0.4, 0.5) is 0 Å². The standard InChI is InChI=1S/C3H5NO3.C2H6/c5-2-4-1-3(6)7;1-2/h2H,1H2,(H,4,5)(H,6,7);1-2H3. The zero-order valence-corrected chi connectivity index (χ0v) is 5.55. The van der Waals surface area contributed by atoms with Gasteiger partial charge in [-0.25, -0.2) is 0 Å². The van der Waals surface area contributed by atoms with Crippen LogP contribution in [0.5, 0.6) is 0 Å². The van der Waals surface area contributed by atoms with Gasteiger partial charge in [0.1, 0.15) is 6.54 Å². The van der Waals surface area contributed by atoms with Gasteiger partial charge in [0.25, 0.3) is 0 Å². The minimum absolute atomic E-state index is 0.302. The number of nitrogens with one attached hydrogen (secondary N) is 1. The number of carboxylic acid groups (broad SMARTS) is 1. The molecule has 0 spiro atoms. The first kappa shape index (κ1) is 10.8. The molecule has 0 heterocycles. The number of carbonyl (C=O) groups is 2. The molecule has 0 unspecified atom stereocenters. The molecule has 4 nitrogen and oxygen atoms in total. The van der Waals surface area contributed by atoms with Crippen molar-refractivity contribution in [3.8, 4) is 0 Å². The van der Waals surface area contributed by atoms with Gasteiger partial charge >= 0.3 is 5.97 Å². The molecule has 0 aliphatic heterocycles. The molecule has 0 fully saturated rings. The minimum atomic E-state index is -1.04. The van der Waals surface area contributed by atoms with Gasteiger partial charge in [0.2, 0.25) is 6.41 Å². The van der Waals surface area contributed by atoms with E-state index in [9.17, 15) is 9.59 Å². The summed E-state index contributed by atoms with van der Waals surface area (Å²) in [7, 11) is 0. The van der Waals surface area contributed by atoms with Gasteiger partial charge in [-0.2, -0.15) is 0 Å². The van der Waals surface area contributed by atoms with Crippen LogP contribution in [0.2, 0.25) is 0 Å². The Balaban J connectivity index is 0. The predicted octanol–water partition coefficient (Wildman–Crippen LogP) is -0.157. The van der Waals surface area contributed by atoms with Crippen molar-refractivity contribution in [2.75, 3.05) is 6.54 Å². The Bertz CT molecular complexity index is 82.3. The molecule has 4 heteroatoms. The Morgan fingerprint density at radius 1 is 1.67 bits per heavy atom. The summed E-state index contributed by atoms with van der Waals surface area (Å²) in [5.74, 6) is -1.04. The number of hydrogen-bond acceptors (Lipinski definition) is 2. The summed E-state index contributed by atoms with van der Waals surface area (Å²) in [5, 5.41) is 9.79. The Hall–Kier alpha value is -1.06. The van der Waals surface area contributed by atoms with E-state index in [0.29, 0.717) is 6.41 Å². The predicted molar refractivity (Wildman–Crippen MR) is 33.1 cm³/mol. The highest BCUT2D eigenvalue weighted by atomic mass is 16.4. The fraction of sp³-hybridized carbons (Fsp3) is 0.600. The van der Waals surface area contributed by atoms with Crippen molar-refractivity contribution in [1.29, 1.82) is 0 Å². The maximum atomic E-state index is 9.54. The molecule has 0 aromatic rings. The number of aliphatic carboxylic acids is 1. The molecule has 9 heavy (non-hydrogen) atoms.